The van der Waals surface area contributed by atoms with Crippen LogP contribution in [-0.4, -0.2) is 38.2 Å². The third-order valence-corrected chi connectivity index (χ3v) is 6.93. The van der Waals surface area contributed by atoms with Crippen molar-refractivity contribution in [2.24, 2.45) is 0 Å². The van der Waals surface area contributed by atoms with E-state index in [0.717, 1.165) is 35.1 Å². The SMILES string of the molecule is Cc1ccccc1-n1cnnc1SCC(=O)N1CC[C@@H](C)Sc2ccccc21. The summed E-state index contributed by atoms with van der Waals surface area (Å²) < 4.78 is 1.95. The van der Waals surface area contributed by atoms with Gasteiger partial charge in [0.05, 0.1) is 17.1 Å². The lowest BCUT2D eigenvalue weighted by atomic mass is 10.2. The molecule has 0 saturated carbocycles. The molecule has 144 valence electrons. The van der Waals surface area contributed by atoms with E-state index in [9.17, 15) is 4.79 Å². The number of hydrogen-bond acceptors (Lipinski definition) is 5. The highest BCUT2D eigenvalue weighted by molar-refractivity contribution is 8.00. The molecule has 1 aliphatic rings. The average molecular weight is 411 g/mol. The molecule has 2 heterocycles. The molecule has 0 saturated heterocycles. The standard InChI is InChI=1S/C21H22N4OS2/c1-15-7-3-4-8-17(15)25-14-22-23-21(25)27-13-20(26)24-12-11-16(2)28-19-10-6-5-9-18(19)24/h3-10,14,16H,11-13H2,1-2H3/t16-/m1/s1. The maximum atomic E-state index is 13.1. The van der Waals surface area contributed by atoms with Crippen LogP contribution < -0.4 is 4.90 Å². The Kier molecular flexibility index (Phi) is 5.73. The zero-order valence-electron chi connectivity index (χ0n) is 15.9. The minimum atomic E-state index is 0.103. The molecule has 0 radical (unpaired) electrons. The first kappa shape index (κ1) is 19.1. The molecular formula is C21H22N4OS2. The molecule has 0 bridgehead atoms. The molecule has 0 unspecified atom stereocenters. The maximum absolute atomic E-state index is 13.1. The quantitative estimate of drug-likeness (QED) is 0.589. The monoisotopic (exact) mass is 410 g/mol. The maximum Gasteiger partial charge on any atom is 0.237 e. The van der Waals surface area contributed by atoms with Crippen molar-refractivity contribution >= 4 is 35.1 Å². The summed E-state index contributed by atoms with van der Waals surface area (Å²) in [4.78, 5) is 16.2. The largest absolute Gasteiger partial charge is 0.311 e. The lowest BCUT2D eigenvalue weighted by Gasteiger charge is -2.22. The van der Waals surface area contributed by atoms with Crippen LogP contribution in [0.4, 0.5) is 5.69 Å². The summed E-state index contributed by atoms with van der Waals surface area (Å²) in [5, 5.41) is 9.51. The van der Waals surface area contributed by atoms with Gasteiger partial charge in [-0.1, -0.05) is 49.0 Å². The Balaban J connectivity index is 1.52. The number of hydrogen-bond donors (Lipinski definition) is 0. The highest BCUT2D eigenvalue weighted by Crippen LogP contribution is 2.37. The Morgan fingerprint density at radius 3 is 2.75 bits per heavy atom. The van der Waals surface area contributed by atoms with Crippen LogP contribution in [0.1, 0.15) is 18.9 Å². The van der Waals surface area contributed by atoms with Crippen molar-refractivity contribution in [2.45, 2.75) is 35.6 Å². The molecule has 4 rings (SSSR count). The van der Waals surface area contributed by atoms with Crippen molar-refractivity contribution in [3.63, 3.8) is 0 Å². The Bertz CT molecular complexity index is 988. The number of aryl methyl sites for hydroxylation is 1. The molecule has 1 aliphatic heterocycles. The van der Waals surface area contributed by atoms with Gasteiger partial charge < -0.3 is 4.90 Å². The van der Waals surface area contributed by atoms with Crippen LogP contribution >= 0.6 is 23.5 Å². The molecule has 0 N–H and O–H groups in total. The first-order valence-corrected chi connectivity index (χ1v) is 11.1. The number of aromatic nitrogens is 3. The second-order valence-corrected chi connectivity index (χ2v) is 9.21. The number of benzene rings is 2. The van der Waals surface area contributed by atoms with Gasteiger partial charge in [0.25, 0.3) is 0 Å². The number of amides is 1. The van der Waals surface area contributed by atoms with Crippen molar-refractivity contribution in [2.75, 3.05) is 17.2 Å². The van der Waals surface area contributed by atoms with Crippen LogP contribution in [0.3, 0.4) is 0 Å². The second kappa shape index (κ2) is 8.41. The normalized spacial score (nSPS) is 16.5. The number of para-hydroxylation sites is 2. The molecule has 7 heteroatoms. The summed E-state index contributed by atoms with van der Waals surface area (Å²) in [7, 11) is 0. The van der Waals surface area contributed by atoms with Crippen LogP contribution in [-0.2, 0) is 4.79 Å². The third kappa shape index (κ3) is 3.95. The molecule has 5 nitrogen and oxygen atoms in total. The predicted octanol–water partition coefficient (Wildman–Crippen LogP) is 4.59. The van der Waals surface area contributed by atoms with Gasteiger partial charge in [-0.15, -0.1) is 22.0 Å². The summed E-state index contributed by atoms with van der Waals surface area (Å²) in [5.74, 6) is 0.435. The summed E-state index contributed by atoms with van der Waals surface area (Å²) in [6.45, 7) is 5.02. The van der Waals surface area contributed by atoms with Gasteiger partial charge in [0.2, 0.25) is 5.91 Å². The molecule has 1 aromatic heterocycles. The van der Waals surface area contributed by atoms with Crippen LogP contribution in [0.5, 0.6) is 0 Å². The highest BCUT2D eigenvalue weighted by atomic mass is 32.2. The second-order valence-electron chi connectivity index (χ2n) is 6.79. The minimum Gasteiger partial charge on any atom is -0.311 e. The Morgan fingerprint density at radius 2 is 1.93 bits per heavy atom. The minimum absolute atomic E-state index is 0.103. The van der Waals surface area contributed by atoms with Crippen molar-refractivity contribution in [1.29, 1.82) is 0 Å². The summed E-state index contributed by atoms with van der Waals surface area (Å²) in [5.41, 5.74) is 3.19. The fourth-order valence-corrected chi connectivity index (χ4v) is 5.18. The van der Waals surface area contributed by atoms with Gasteiger partial charge in [-0.25, -0.2) is 0 Å². The molecule has 28 heavy (non-hydrogen) atoms. The first-order valence-electron chi connectivity index (χ1n) is 9.28. The van der Waals surface area contributed by atoms with Crippen LogP contribution in [0.15, 0.2) is 64.9 Å². The van der Waals surface area contributed by atoms with Gasteiger partial charge in [0.1, 0.15) is 6.33 Å². The van der Waals surface area contributed by atoms with Crippen molar-refractivity contribution in [3.8, 4) is 5.69 Å². The predicted molar refractivity (Wildman–Crippen MR) is 116 cm³/mol. The number of thioether (sulfide) groups is 2. The topological polar surface area (TPSA) is 51.0 Å². The lowest BCUT2D eigenvalue weighted by molar-refractivity contribution is -0.116. The molecule has 0 aliphatic carbocycles. The van der Waals surface area contributed by atoms with E-state index < -0.39 is 0 Å². The number of carbonyl (C=O) groups excluding carboxylic acids is 1. The summed E-state index contributed by atoms with van der Waals surface area (Å²) in [6, 6.07) is 16.3. The molecule has 1 amide bonds. The fraction of sp³-hybridized carbons (Fsp3) is 0.286. The van der Waals surface area contributed by atoms with Gasteiger partial charge in [-0.05, 0) is 37.1 Å². The molecule has 0 spiro atoms. The molecule has 1 atom stereocenters. The van der Waals surface area contributed by atoms with E-state index in [-0.39, 0.29) is 5.91 Å². The zero-order valence-corrected chi connectivity index (χ0v) is 17.5. The highest BCUT2D eigenvalue weighted by Gasteiger charge is 2.24. The molecule has 2 aromatic carbocycles. The zero-order chi connectivity index (χ0) is 19.5. The summed E-state index contributed by atoms with van der Waals surface area (Å²) in [6.07, 6.45) is 2.68. The van der Waals surface area contributed by atoms with Gasteiger partial charge >= 0.3 is 0 Å². The van der Waals surface area contributed by atoms with E-state index in [2.05, 4.69) is 36.2 Å². The van der Waals surface area contributed by atoms with Crippen molar-refractivity contribution < 1.29 is 4.79 Å². The van der Waals surface area contributed by atoms with Gasteiger partial charge in [0.15, 0.2) is 5.16 Å². The van der Waals surface area contributed by atoms with Gasteiger partial charge in [-0.3, -0.25) is 9.36 Å². The molecule has 3 aromatic rings. The number of carbonyl (C=O) groups is 1. The number of nitrogens with zero attached hydrogens (tertiary/aromatic N) is 4. The Hall–Kier alpha value is -2.25. The van der Waals surface area contributed by atoms with E-state index in [0.29, 0.717) is 11.0 Å². The number of fused-ring (bicyclic) bond motifs is 1. The van der Waals surface area contributed by atoms with E-state index in [1.165, 1.54) is 16.7 Å². The Morgan fingerprint density at radius 1 is 1.18 bits per heavy atom. The average Bonchev–Trinajstić information content (AvgIpc) is 3.09. The van der Waals surface area contributed by atoms with Gasteiger partial charge in [-0.2, -0.15) is 0 Å². The van der Waals surface area contributed by atoms with Gasteiger partial charge in [0, 0.05) is 16.7 Å². The van der Waals surface area contributed by atoms with Crippen LogP contribution in [0.25, 0.3) is 5.69 Å². The Labute approximate surface area is 173 Å². The number of rotatable bonds is 4. The van der Waals surface area contributed by atoms with Crippen LogP contribution in [0.2, 0.25) is 0 Å². The van der Waals surface area contributed by atoms with E-state index in [1.54, 1.807) is 6.33 Å². The van der Waals surface area contributed by atoms with E-state index >= 15 is 0 Å². The van der Waals surface area contributed by atoms with E-state index in [4.69, 9.17) is 0 Å². The van der Waals surface area contributed by atoms with Crippen LogP contribution in [0, 0.1) is 6.92 Å². The third-order valence-electron chi connectivity index (χ3n) is 4.76. The number of anilines is 1. The summed E-state index contributed by atoms with van der Waals surface area (Å²) >= 11 is 3.28. The fourth-order valence-electron chi connectivity index (χ4n) is 3.27. The smallest absolute Gasteiger partial charge is 0.237 e. The molecule has 0 fully saturated rings. The lowest BCUT2D eigenvalue weighted by Crippen LogP contribution is -2.33. The first-order chi connectivity index (χ1) is 13.6. The molecular weight excluding hydrogens is 388 g/mol. The van der Waals surface area contributed by atoms with E-state index in [1.807, 2.05) is 57.6 Å². The van der Waals surface area contributed by atoms with Crippen molar-refractivity contribution in [1.82, 2.24) is 14.8 Å². The van der Waals surface area contributed by atoms with Crippen molar-refractivity contribution in [3.05, 3.63) is 60.4 Å².